The molecule has 1 aromatic rings. The van der Waals surface area contributed by atoms with E-state index in [0.717, 1.165) is 12.0 Å². The first-order valence-electron chi connectivity index (χ1n) is 4.68. The molecule has 1 rings (SSSR count). The Kier molecular flexibility index (Phi) is 2.99. The number of ether oxygens (including phenoxy) is 1. The van der Waals surface area contributed by atoms with Crippen LogP contribution in [0, 0.1) is 5.41 Å². The Hall–Kier alpha value is -1.25. The Bertz CT molecular complexity index is 360. The number of hydrogen-bond donors (Lipinski definition) is 1. The number of aromatic nitrogens is 1. The topological polar surface area (TPSA) is 42.1 Å². The highest BCUT2D eigenvalue weighted by molar-refractivity contribution is 5.26. The van der Waals surface area contributed by atoms with Crippen LogP contribution in [0.2, 0.25) is 0 Å². The van der Waals surface area contributed by atoms with Crippen LogP contribution in [0.5, 0.6) is 5.88 Å². The first kappa shape index (κ1) is 10.8. The summed E-state index contributed by atoms with van der Waals surface area (Å²) in [7, 11) is 1.57. The quantitative estimate of drug-likeness (QED) is 0.784. The van der Waals surface area contributed by atoms with Crippen LogP contribution in [0.15, 0.2) is 16.9 Å². The summed E-state index contributed by atoms with van der Waals surface area (Å²) in [6.07, 6.45) is 0.882. The van der Waals surface area contributed by atoms with Gasteiger partial charge in [0.05, 0.1) is 7.11 Å². The lowest BCUT2D eigenvalue weighted by Gasteiger charge is -2.19. The van der Waals surface area contributed by atoms with E-state index in [0.29, 0.717) is 5.88 Å². The number of hydrogen-bond acceptors (Lipinski definition) is 2. The van der Waals surface area contributed by atoms with E-state index in [1.165, 1.54) is 6.07 Å². The fourth-order valence-corrected chi connectivity index (χ4v) is 1.38. The van der Waals surface area contributed by atoms with Crippen molar-refractivity contribution in [3.8, 4) is 5.88 Å². The van der Waals surface area contributed by atoms with Gasteiger partial charge in [-0.25, -0.2) is 0 Å². The Morgan fingerprint density at radius 2 is 2.00 bits per heavy atom. The van der Waals surface area contributed by atoms with E-state index in [2.05, 4.69) is 25.8 Å². The highest BCUT2D eigenvalue weighted by Crippen LogP contribution is 2.24. The SMILES string of the molecule is COc1[nH]c(=O)ccc1CC(C)(C)C. The number of methoxy groups -OCH3 is 1. The summed E-state index contributed by atoms with van der Waals surface area (Å²) in [4.78, 5) is 13.7. The molecule has 0 aliphatic carbocycles. The second-order valence-electron chi connectivity index (χ2n) is 4.62. The third-order valence-corrected chi connectivity index (χ3v) is 1.89. The van der Waals surface area contributed by atoms with Gasteiger partial charge in [-0.2, -0.15) is 0 Å². The predicted molar refractivity (Wildman–Crippen MR) is 56.8 cm³/mol. The maximum Gasteiger partial charge on any atom is 0.250 e. The summed E-state index contributed by atoms with van der Waals surface area (Å²) in [6.45, 7) is 6.45. The van der Waals surface area contributed by atoms with Crippen molar-refractivity contribution >= 4 is 0 Å². The third-order valence-electron chi connectivity index (χ3n) is 1.89. The van der Waals surface area contributed by atoms with Gasteiger partial charge < -0.3 is 4.74 Å². The van der Waals surface area contributed by atoms with Gasteiger partial charge in [0.2, 0.25) is 0 Å². The van der Waals surface area contributed by atoms with Gasteiger partial charge >= 0.3 is 0 Å². The number of nitrogens with one attached hydrogen (secondary N) is 1. The minimum absolute atomic E-state index is 0.125. The van der Waals surface area contributed by atoms with Crippen molar-refractivity contribution < 1.29 is 4.74 Å². The number of aromatic amines is 1. The molecule has 1 heterocycles. The van der Waals surface area contributed by atoms with E-state index >= 15 is 0 Å². The average molecular weight is 195 g/mol. The Morgan fingerprint density at radius 3 is 2.50 bits per heavy atom. The van der Waals surface area contributed by atoms with Gasteiger partial charge in [0.25, 0.3) is 5.56 Å². The van der Waals surface area contributed by atoms with Crippen LogP contribution in [0.3, 0.4) is 0 Å². The fourth-order valence-electron chi connectivity index (χ4n) is 1.38. The maximum atomic E-state index is 11.0. The minimum atomic E-state index is -0.125. The zero-order valence-electron chi connectivity index (χ0n) is 9.18. The minimum Gasteiger partial charge on any atom is -0.482 e. The van der Waals surface area contributed by atoms with Gasteiger partial charge in [0, 0.05) is 11.6 Å². The lowest BCUT2D eigenvalue weighted by molar-refractivity contribution is 0.367. The van der Waals surface area contributed by atoms with Crippen LogP contribution in [0.4, 0.5) is 0 Å². The largest absolute Gasteiger partial charge is 0.482 e. The summed E-state index contributed by atoms with van der Waals surface area (Å²) < 4.78 is 5.12. The molecule has 0 unspecified atom stereocenters. The second kappa shape index (κ2) is 3.86. The third kappa shape index (κ3) is 2.91. The summed E-state index contributed by atoms with van der Waals surface area (Å²) in [5, 5.41) is 0. The predicted octanol–water partition coefficient (Wildman–Crippen LogP) is 1.97. The van der Waals surface area contributed by atoms with E-state index in [9.17, 15) is 4.79 Å². The molecule has 1 aromatic heterocycles. The summed E-state index contributed by atoms with van der Waals surface area (Å²) >= 11 is 0. The van der Waals surface area contributed by atoms with E-state index in [1.807, 2.05) is 6.07 Å². The van der Waals surface area contributed by atoms with Crippen LogP contribution in [-0.2, 0) is 6.42 Å². The molecule has 0 aliphatic rings. The molecule has 3 nitrogen and oxygen atoms in total. The molecular formula is C11H17NO2. The van der Waals surface area contributed by atoms with Gasteiger partial charge in [-0.05, 0) is 17.9 Å². The normalized spacial score (nSPS) is 11.4. The molecular weight excluding hydrogens is 178 g/mol. The molecule has 78 valence electrons. The first-order chi connectivity index (χ1) is 6.42. The van der Waals surface area contributed by atoms with Crippen molar-refractivity contribution in [1.82, 2.24) is 4.98 Å². The monoisotopic (exact) mass is 195 g/mol. The van der Waals surface area contributed by atoms with Crippen LogP contribution in [0.25, 0.3) is 0 Å². The molecule has 0 saturated heterocycles. The van der Waals surface area contributed by atoms with E-state index < -0.39 is 0 Å². The Morgan fingerprint density at radius 1 is 1.36 bits per heavy atom. The van der Waals surface area contributed by atoms with Crippen LogP contribution >= 0.6 is 0 Å². The van der Waals surface area contributed by atoms with Crippen LogP contribution in [0.1, 0.15) is 26.3 Å². The molecule has 1 N–H and O–H groups in total. The number of pyridine rings is 1. The highest BCUT2D eigenvalue weighted by Gasteiger charge is 2.14. The summed E-state index contributed by atoms with van der Waals surface area (Å²) in [5.41, 5.74) is 1.10. The smallest absolute Gasteiger partial charge is 0.250 e. The molecule has 0 fully saturated rings. The van der Waals surface area contributed by atoms with E-state index in [1.54, 1.807) is 7.11 Å². The Balaban J connectivity index is 3.03. The molecule has 0 saturated carbocycles. The van der Waals surface area contributed by atoms with Crippen molar-refractivity contribution in [2.45, 2.75) is 27.2 Å². The Labute approximate surface area is 84.1 Å². The maximum absolute atomic E-state index is 11.0. The first-order valence-corrected chi connectivity index (χ1v) is 4.68. The zero-order chi connectivity index (χ0) is 10.8. The summed E-state index contributed by atoms with van der Waals surface area (Å²) in [6, 6.07) is 3.35. The number of H-pyrrole nitrogens is 1. The molecule has 0 aromatic carbocycles. The lowest BCUT2D eigenvalue weighted by Crippen LogP contribution is -2.13. The molecule has 0 bridgehead atoms. The highest BCUT2D eigenvalue weighted by atomic mass is 16.5. The lowest BCUT2D eigenvalue weighted by atomic mass is 9.88. The van der Waals surface area contributed by atoms with Crippen molar-refractivity contribution in [1.29, 1.82) is 0 Å². The molecule has 0 radical (unpaired) electrons. The van der Waals surface area contributed by atoms with Crippen molar-refractivity contribution in [2.75, 3.05) is 7.11 Å². The van der Waals surface area contributed by atoms with Crippen molar-refractivity contribution in [3.05, 3.63) is 28.0 Å². The van der Waals surface area contributed by atoms with Gasteiger partial charge in [-0.3, -0.25) is 9.78 Å². The molecule has 3 heteroatoms. The average Bonchev–Trinajstić information content (AvgIpc) is 2.06. The van der Waals surface area contributed by atoms with Crippen LogP contribution in [-0.4, -0.2) is 12.1 Å². The zero-order valence-corrected chi connectivity index (χ0v) is 9.18. The standard InChI is InChI=1S/C11H17NO2/c1-11(2,3)7-8-5-6-9(13)12-10(8)14-4/h5-6H,7H2,1-4H3,(H,12,13). The number of rotatable bonds is 2. The second-order valence-corrected chi connectivity index (χ2v) is 4.62. The van der Waals surface area contributed by atoms with Crippen molar-refractivity contribution in [3.63, 3.8) is 0 Å². The molecule has 0 atom stereocenters. The molecule has 0 aliphatic heterocycles. The fraction of sp³-hybridized carbons (Fsp3) is 0.545. The summed E-state index contributed by atoms with van der Waals surface area (Å²) in [5.74, 6) is 0.576. The van der Waals surface area contributed by atoms with E-state index in [-0.39, 0.29) is 11.0 Å². The van der Waals surface area contributed by atoms with E-state index in [4.69, 9.17) is 4.74 Å². The van der Waals surface area contributed by atoms with Gasteiger partial charge in [0.15, 0.2) is 5.88 Å². The van der Waals surface area contributed by atoms with Crippen LogP contribution < -0.4 is 10.3 Å². The van der Waals surface area contributed by atoms with Gasteiger partial charge in [-0.1, -0.05) is 20.8 Å². The van der Waals surface area contributed by atoms with Gasteiger partial charge in [0.1, 0.15) is 0 Å². The molecule has 14 heavy (non-hydrogen) atoms. The van der Waals surface area contributed by atoms with Crippen molar-refractivity contribution in [2.24, 2.45) is 5.41 Å². The molecule has 0 spiro atoms. The molecule has 0 amide bonds. The van der Waals surface area contributed by atoms with Gasteiger partial charge in [-0.15, -0.1) is 0 Å².